The van der Waals surface area contributed by atoms with Crippen molar-refractivity contribution in [1.29, 1.82) is 0 Å². The summed E-state index contributed by atoms with van der Waals surface area (Å²) < 4.78 is 21.5. The first-order chi connectivity index (χ1) is 7.84. The van der Waals surface area contributed by atoms with Crippen LogP contribution in [0.2, 0.25) is 0 Å². The van der Waals surface area contributed by atoms with Gasteiger partial charge in [0.2, 0.25) is 6.79 Å². The molecule has 0 unspecified atom stereocenters. The Bertz CT molecular complexity index is 391. The summed E-state index contributed by atoms with van der Waals surface area (Å²) in [7, 11) is 0. The summed E-state index contributed by atoms with van der Waals surface area (Å²) in [5, 5.41) is 0. The van der Waals surface area contributed by atoms with E-state index in [9.17, 15) is 0 Å². The molecule has 0 spiro atoms. The summed E-state index contributed by atoms with van der Waals surface area (Å²) in [6.45, 7) is 3.53. The van der Waals surface area contributed by atoms with E-state index in [-0.39, 0.29) is 6.10 Å². The van der Waals surface area contributed by atoms with Crippen LogP contribution in [0.3, 0.4) is 0 Å². The zero-order chi connectivity index (χ0) is 11.0. The maximum absolute atomic E-state index is 5.62. The molecule has 0 bridgehead atoms. The first-order valence-electron chi connectivity index (χ1n) is 5.43. The van der Waals surface area contributed by atoms with E-state index >= 15 is 0 Å². The van der Waals surface area contributed by atoms with Gasteiger partial charge in [0.25, 0.3) is 0 Å². The third-order valence-electron chi connectivity index (χ3n) is 2.95. The number of hydrogen-bond donors (Lipinski definition) is 0. The molecule has 16 heavy (non-hydrogen) atoms. The third kappa shape index (κ3) is 1.64. The van der Waals surface area contributed by atoms with E-state index in [1.165, 1.54) is 0 Å². The van der Waals surface area contributed by atoms with E-state index in [1.807, 2.05) is 18.2 Å². The molecule has 1 saturated heterocycles. The van der Waals surface area contributed by atoms with E-state index < -0.39 is 0 Å². The van der Waals surface area contributed by atoms with Gasteiger partial charge in [0.15, 0.2) is 11.5 Å². The van der Waals surface area contributed by atoms with Crippen LogP contribution in [0.15, 0.2) is 18.2 Å². The zero-order valence-electron chi connectivity index (χ0n) is 9.14. The van der Waals surface area contributed by atoms with Crippen LogP contribution in [0.4, 0.5) is 0 Å². The van der Waals surface area contributed by atoms with Crippen LogP contribution in [0.1, 0.15) is 18.6 Å². The highest BCUT2D eigenvalue weighted by atomic mass is 16.7. The number of rotatable bonds is 1. The van der Waals surface area contributed by atoms with Crippen molar-refractivity contribution in [2.24, 2.45) is 5.92 Å². The number of hydrogen-bond acceptors (Lipinski definition) is 4. The average molecular weight is 222 g/mol. The molecule has 0 aliphatic carbocycles. The van der Waals surface area contributed by atoms with Crippen molar-refractivity contribution in [3.8, 4) is 11.5 Å². The summed E-state index contributed by atoms with van der Waals surface area (Å²) in [6, 6.07) is 5.96. The Kier molecular flexibility index (Phi) is 2.46. The first kappa shape index (κ1) is 9.93. The molecule has 2 atom stereocenters. The fourth-order valence-corrected chi connectivity index (χ4v) is 2.12. The summed E-state index contributed by atoms with van der Waals surface area (Å²) in [6.07, 6.45) is 0.0863. The predicted octanol–water partition coefficient (Wildman–Crippen LogP) is 2.10. The number of benzene rings is 1. The number of ether oxygens (including phenoxy) is 4. The van der Waals surface area contributed by atoms with Crippen LogP contribution >= 0.6 is 0 Å². The fraction of sp³-hybridized carbons (Fsp3) is 0.500. The molecule has 0 saturated carbocycles. The summed E-state index contributed by atoms with van der Waals surface area (Å²) in [4.78, 5) is 0. The van der Waals surface area contributed by atoms with Gasteiger partial charge in [0, 0.05) is 5.92 Å². The largest absolute Gasteiger partial charge is 0.454 e. The summed E-state index contributed by atoms with van der Waals surface area (Å²) >= 11 is 0. The molecule has 3 rings (SSSR count). The lowest BCUT2D eigenvalue weighted by Gasteiger charge is -2.29. The molecule has 1 aromatic carbocycles. The Hall–Kier alpha value is -1.26. The van der Waals surface area contributed by atoms with E-state index in [1.54, 1.807) is 0 Å². The van der Waals surface area contributed by atoms with E-state index in [4.69, 9.17) is 18.9 Å². The van der Waals surface area contributed by atoms with Crippen LogP contribution in [0.25, 0.3) is 0 Å². The van der Waals surface area contributed by atoms with Gasteiger partial charge in [-0.3, -0.25) is 0 Å². The molecule has 2 aliphatic rings. The molecule has 2 aliphatic heterocycles. The lowest BCUT2D eigenvalue weighted by molar-refractivity contribution is -0.168. The molecule has 0 radical (unpaired) electrons. The standard InChI is InChI=1S/C12H14O4/c1-8-5-13-6-16-12(8)9-2-3-10-11(4-9)15-7-14-10/h2-4,8,12H,5-7H2,1H3/t8-,12+/m1/s1. The summed E-state index contributed by atoms with van der Waals surface area (Å²) in [5.74, 6) is 1.97. The fourth-order valence-electron chi connectivity index (χ4n) is 2.12. The molecular weight excluding hydrogens is 208 g/mol. The average Bonchev–Trinajstić information content (AvgIpc) is 2.76. The van der Waals surface area contributed by atoms with Gasteiger partial charge in [-0.2, -0.15) is 0 Å². The first-order valence-corrected chi connectivity index (χ1v) is 5.43. The van der Waals surface area contributed by atoms with Gasteiger partial charge >= 0.3 is 0 Å². The maximum atomic E-state index is 5.62. The van der Waals surface area contributed by atoms with Crippen LogP contribution in [-0.4, -0.2) is 20.2 Å². The molecule has 4 nitrogen and oxygen atoms in total. The molecule has 4 heteroatoms. The van der Waals surface area contributed by atoms with Crippen molar-refractivity contribution in [1.82, 2.24) is 0 Å². The molecule has 2 heterocycles. The van der Waals surface area contributed by atoms with Crippen molar-refractivity contribution in [2.45, 2.75) is 13.0 Å². The molecule has 1 fully saturated rings. The minimum absolute atomic E-state index is 0.0863. The molecule has 0 amide bonds. The van der Waals surface area contributed by atoms with Gasteiger partial charge in [0.05, 0.1) is 12.7 Å². The molecule has 0 N–H and O–H groups in total. The molecular formula is C12H14O4. The Morgan fingerprint density at radius 2 is 2.00 bits per heavy atom. The van der Waals surface area contributed by atoms with Crippen molar-refractivity contribution >= 4 is 0 Å². The normalized spacial score (nSPS) is 28.1. The predicted molar refractivity (Wildman–Crippen MR) is 56.4 cm³/mol. The quantitative estimate of drug-likeness (QED) is 0.729. The third-order valence-corrected chi connectivity index (χ3v) is 2.95. The van der Waals surface area contributed by atoms with Crippen LogP contribution in [0, 0.1) is 5.92 Å². The van der Waals surface area contributed by atoms with Crippen LogP contribution < -0.4 is 9.47 Å². The van der Waals surface area contributed by atoms with E-state index in [2.05, 4.69) is 6.92 Å². The van der Waals surface area contributed by atoms with Gasteiger partial charge < -0.3 is 18.9 Å². The highest BCUT2D eigenvalue weighted by molar-refractivity contribution is 5.45. The van der Waals surface area contributed by atoms with Gasteiger partial charge in [-0.05, 0) is 17.7 Å². The number of fused-ring (bicyclic) bond motifs is 1. The second-order valence-electron chi connectivity index (χ2n) is 4.17. The van der Waals surface area contributed by atoms with E-state index in [0.717, 1.165) is 23.7 Å². The van der Waals surface area contributed by atoms with Gasteiger partial charge in [-0.1, -0.05) is 13.0 Å². The van der Waals surface area contributed by atoms with Crippen molar-refractivity contribution < 1.29 is 18.9 Å². The SMILES string of the molecule is C[C@@H]1COCO[C@@H]1c1ccc2c(c1)OCO2. The molecule has 0 aromatic heterocycles. The Morgan fingerprint density at radius 3 is 2.88 bits per heavy atom. The molecule has 1 aromatic rings. The highest BCUT2D eigenvalue weighted by Gasteiger charge is 2.26. The summed E-state index contributed by atoms with van der Waals surface area (Å²) in [5.41, 5.74) is 1.13. The van der Waals surface area contributed by atoms with Crippen molar-refractivity contribution in [2.75, 3.05) is 20.2 Å². The zero-order valence-corrected chi connectivity index (χ0v) is 9.14. The van der Waals surface area contributed by atoms with Crippen LogP contribution in [-0.2, 0) is 9.47 Å². The Balaban J connectivity index is 1.88. The lowest BCUT2D eigenvalue weighted by atomic mass is 9.97. The van der Waals surface area contributed by atoms with Crippen molar-refractivity contribution in [3.05, 3.63) is 23.8 Å². The monoisotopic (exact) mass is 222 g/mol. The minimum atomic E-state index is 0.0863. The maximum Gasteiger partial charge on any atom is 0.231 e. The Labute approximate surface area is 94.1 Å². The van der Waals surface area contributed by atoms with Gasteiger partial charge in [-0.25, -0.2) is 0 Å². The smallest absolute Gasteiger partial charge is 0.231 e. The second kappa shape index (κ2) is 3.96. The van der Waals surface area contributed by atoms with E-state index in [0.29, 0.717) is 19.5 Å². The van der Waals surface area contributed by atoms with Gasteiger partial charge in [-0.15, -0.1) is 0 Å². The van der Waals surface area contributed by atoms with Crippen LogP contribution in [0.5, 0.6) is 11.5 Å². The van der Waals surface area contributed by atoms with Crippen molar-refractivity contribution in [3.63, 3.8) is 0 Å². The second-order valence-corrected chi connectivity index (χ2v) is 4.17. The minimum Gasteiger partial charge on any atom is -0.454 e. The molecule has 86 valence electrons. The topological polar surface area (TPSA) is 36.9 Å². The Morgan fingerprint density at radius 1 is 1.12 bits per heavy atom. The lowest BCUT2D eigenvalue weighted by Crippen LogP contribution is -2.25. The van der Waals surface area contributed by atoms with Gasteiger partial charge in [0.1, 0.15) is 6.79 Å². The highest BCUT2D eigenvalue weighted by Crippen LogP contribution is 2.37.